The lowest BCUT2D eigenvalue weighted by molar-refractivity contribution is -0.384. The van der Waals surface area contributed by atoms with Gasteiger partial charge in [0.2, 0.25) is 0 Å². The molecule has 0 bridgehead atoms. The van der Waals surface area contributed by atoms with E-state index in [2.05, 4.69) is 27.3 Å². The second-order valence-corrected chi connectivity index (χ2v) is 7.86. The first-order valence-corrected chi connectivity index (χ1v) is 10.9. The molecule has 0 aliphatic carbocycles. The highest BCUT2D eigenvalue weighted by Gasteiger charge is 2.15. The fourth-order valence-electron chi connectivity index (χ4n) is 3.28. The molecule has 0 aromatic heterocycles. The van der Waals surface area contributed by atoms with E-state index >= 15 is 0 Å². The van der Waals surface area contributed by atoms with Crippen LogP contribution in [-0.2, 0) is 19.6 Å². The van der Waals surface area contributed by atoms with Gasteiger partial charge in [0.05, 0.1) is 19.1 Å². The van der Waals surface area contributed by atoms with Gasteiger partial charge in [-0.1, -0.05) is 34.1 Å². The summed E-state index contributed by atoms with van der Waals surface area (Å²) < 4.78 is 17.9. The minimum Gasteiger partial charge on any atom is -0.496 e. The molecule has 0 saturated heterocycles. The number of rotatable bonds is 11. The number of methoxy groups -OCH3 is 2. The molecule has 0 aliphatic heterocycles. The van der Waals surface area contributed by atoms with Crippen LogP contribution in [0.3, 0.4) is 0 Å². The second kappa shape index (κ2) is 11.5. The molecule has 32 heavy (non-hydrogen) atoms. The van der Waals surface area contributed by atoms with Crippen LogP contribution >= 0.6 is 15.9 Å². The Morgan fingerprint density at radius 3 is 2.38 bits per heavy atom. The Hall–Kier alpha value is -3.10. The lowest BCUT2D eigenvalue weighted by Crippen LogP contribution is -2.18. The summed E-state index contributed by atoms with van der Waals surface area (Å²) in [5, 5.41) is 14.3. The molecule has 0 fully saturated rings. The fraction of sp³-hybridized carbons (Fsp3) is 0.250. The van der Waals surface area contributed by atoms with Crippen molar-refractivity contribution in [2.45, 2.75) is 19.6 Å². The van der Waals surface area contributed by atoms with Crippen molar-refractivity contribution in [3.8, 4) is 17.2 Å². The minimum absolute atomic E-state index is 0.0497. The van der Waals surface area contributed by atoms with Gasteiger partial charge in [0.1, 0.15) is 12.4 Å². The largest absolute Gasteiger partial charge is 0.496 e. The van der Waals surface area contributed by atoms with Crippen molar-refractivity contribution >= 4 is 21.6 Å². The molecule has 1 N–H and O–H groups in total. The standard InChI is InChI=1S/C24H25BrN2O5/c1-30-22-6-4-3-5-18(22)13-14-26-15-20-21(25)11-12-23(31-2)24(20)32-16-17-7-9-19(10-8-17)27(28)29/h3-12,26H,13-16H2,1-2H3. The number of hydrogen-bond acceptors (Lipinski definition) is 6. The molecular formula is C24H25BrN2O5. The number of nitrogens with zero attached hydrogens (tertiary/aromatic N) is 1. The second-order valence-electron chi connectivity index (χ2n) is 7.01. The van der Waals surface area contributed by atoms with Crippen LogP contribution in [0.15, 0.2) is 65.1 Å². The average molecular weight is 501 g/mol. The van der Waals surface area contributed by atoms with E-state index < -0.39 is 4.92 Å². The van der Waals surface area contributed by atoms with E-state index in [4.69, 9.17) is 14.2 Å². The van der Waals surface area contributed by atoms with Crippen LogP contribution in [-0.4, -0.2) is 25.7 Å². The summed E-state index contributed by atoms with van der Waals surface area (Å²) in [6, 6.07) is 18.1. The molecule has 7 nitrogen and oxygen atoms in total. The molecule has 3 rings (SSSR count). The molecule has 0 atom stereocenters. The molecule has 0 aliphatic rings. The molecule has 0 spiro atoms. The van der Waals surface area contributed by atoms with Gasteiger partial charge in [-0.2, -0.15) is 0 Å². The van der Waals surface area contributed by atoms with Gasteiger partial charge in [0.15, 0.2) is 11.5 Å². The van der Waals surface area contributed by atoms with Gasteiger partial charge in [0.25, 0.3) is 5.69 Å². The monoisotopic (exact) mass is 500 g/mol. The molecule has 0 heterocycles. The summed E-state index contributed by atoms with van der Waals surface area (Å²) in [6.45, 7) is 1.59. The highest BCUT2D eigenvalue weighted by molar-refractivity contribution is 9.10. The first kappa shape index (κ1) is 23.6. The molecule has 3 aromatic rings. The maximum absolute atomic E-state index is 10.8. The molecule has 8 heteroatoms. The van der Waals surface area contributed by atoms with E-state index in [0.717, 1.165) is 39.9 Å². The summed E-state index contributed by atoms with van der Waals surface area (Å²) in [5.41, 5.74) is 2.95. The number of benzene rings is 3. The number of halogens is 1. The molecule has 0 radical (unpaired) electrons. The average Bonchev–Trinajstić information content (AvgIpc) is 2.82. The summed E-state index contributed by atoms with van der Waals surface area (Å²) in [6.07, 6.45) is 0.824. The number of para-hydroxylation sites is 1. The van der Waals surface area contributed by atoms with E-state index in [9.17, 15) is 10.1 Å². The Morgan fingerprint density at radius 2 is 1.69 bits per heavy atom. The first-order chi connectivity index (χ1) is 15.5. The zero-order chi connectivity index (χ0) is 22.9. The first-order valence-electron chi connectivity index (χ1n) is 10.1. The van der Waals surface area contributed by atoms with Crippen LogP contribution in [0.5, 0.6) is 17.2 Å². The van der Waals surface area contributed by atoms with E-state index in [1.807, 2.05) is 30.3 Å². The van der Waals surface area contributed by atoms with Crippen LogP contribution in [0.25, 0.3) is 0 Å². The van der Waals surface area contributed by atoms with Crippen molar-refractivity contribution in [3.63, 3.8) is 0 Å². The van der Waals surface area contributed by atoms with Crippen LogP contribution in [0.1, 0.15) is 16.7 Å². The van der Waals surface area contributed by atoms with Crippen molar-refractivity contribution in [2.75, 3.05) is 20.8 Å². The third kappa shape index (κ3) is 5.99. The quantitative estimate of drug-likeness (QED) is 0.219. The number of nitrogens with one attached hydrogen (secondary N) is 1. The van der Waals surface area contributed by atoms with Crippen molar-refractivity contribution < 1.29 is 19.1 Å². The topological polar surface area (TPSA) is 82.9 Å². The Morgan fingerprint density at radius 1 is 0.969 bits per heavy atom. The van der Waals surface area contributed by atoms with Gasteiger partial charge in [0, 0.05) is 28.7 Å². The third-order valence-electron chi connectivity index (χ3n) is 4.98. The molecule has 0 unspecified atom stereocenters. The van der Waals surface area contributed by atoms with Gasteiger partial charge in [-0.25, -0.2) is 0 Å². The number of nitro groups is 1. The van der Waals surface area contributed by atoms with Crippen LogP contribution in [0.2, 0.25) is 0 Å². The number of non-ortho nitro benzene ring substituents is 1. The normalized spacial score (nSPS) is 10.6. The third-order valence-corrected chi connectivity index (χ3v) is 5.73. The molecule has 0 amide bonds. The lowest BCUT2D eigenvalue weighted by Gasteiger charge is -2.17. The minimum atomic E-state index is -0.420. The predicted molar refractivity (Wildman–Crippen MR) is 127 cm³/mol. The molecular weight excluding hydrogens is 476 g/mol. The number of hydrogen-bond donors (Lipinski definition) is 1. The van der Waals surface area contributed by atoms with E-state index in [0.29, 0.717) is 18.0 Å². The number of ether oxygens (including phenoxy) is 3. The summed E-state index contributed by atoms with van der Waals surface area (Å²) in [4.78, 5) is 10.4. The van der Waals surface area contributed by atoms with Gasteiger partial charge >= 0.3 is 0 Å². The van der Waals surface area contributed by atoms with Gasteiger partial charge in [-0.05, 0) is 54.4 Å². The zero-order valence-corrected chi connectivity index (χ0v) is 19.6. The Balaban J connectivity index is 1.68. The Labute approximate surface area is 195 Å². The van der Waals surface area contributed by atoms with Crippen molar-refractivity contribution in [2.24, 2.45) is 0 Å². The molecule has 168 valence electrons. The van der Waals surface area contributed by atoms with Crippen molar-refractivity contribution in [1.29, 1.82) is 0 Å². The van der Waals surface area contributed by atoms with E-state index in [-0.39, 0.29) is 12.3 Å². The van der Waals surface area contributed by atoms with Gasteiger partial charge in [-0.3, -0.25) is 10.1 Å². The van der Waals surface area contributed by atoms with Crippen molar-refractivity contribution in [3.05, 3.63) is 91.9 Å². The van der Waals surface area contributed by atoms with Crippen molar-refractivity contribution in [1.82, 2.24) is 5.32 Å². The summed E-state index contributed by atoms with van der Waals surface area (Å²) in [7, 11) is 3.27. The fourth-order valence-corrected chi connectivity index (χ4v) is 3.73. The SMILES string of the molecule is COc1ccccc1CCNCc1c(Br)ccc(OC)c1OCc1ccc([N+](=O)[O-])cc1. The van der Waals surface area contributed by atoms with E-state index in [1.165, 1.54) is 12.1 Å². The number of nitro benzene ring substituents is 1. The Kier molecular flexibility index (Phi) is 8.47. The summed E-state index contributed by atoms with van der Waals surface area (Å²) in [5.74, 6) is 2.13. The summed E-state index contributed by atoms with van der Waals surface area (Å²) >= 11 is 3.61. The van der Waals surface area contributed by atoms with E-state index in [1.54, 1.807) is 26.4 Å². The Bertz CT molecular complexity index is 1060. The van der Waals surface area contributed by atoms with Crippen LogP contribution in [0.4, 0.5) is 5.69 Å². The van der Waals surface area contributed by atoms with Gasteiger partial charge in [-0.15, -0.1) is 0 Å². The molecule has 3 aromatic carbocycles. The predicted octanol–water partition coefficient (Wildman–Crippen LogP) is 5.29. The smallest absolute Gasteiger partial charge is 0.269 e. The maximum atomic E-state index is 10.8. The highest BCUT2D eigenvalue weighted by Crippen LogP contribution is 2.37. The van der Waals surface area contributed by atoms with Gasteiger partial charge < -0.3 is 19.5 Å². The zero-order valence-electron chi connectivity index (χ0n) is 18.0. The van der Waals surface area contributed by atoms with Crippen LogP contribution < -0.4 is 19.5 Å². The van der Waals surface area contributed by atoms with Crippen LogP contribution in [0, 0.1) is 10.1 Å². The molecule has 0 saturated carbocycles. The highest BCUT2D eigenvalue weighted by atomic mass is 79.9. The lowest BCUT2D eigenvalue weighted by atomic mass is 10.1. The maximum Gasteiger partial charge on any atom is 0.269 e.